The van der Waals surface area contributed by atoms with Crippen LogP contribution in [0.3, 0.4) is 0 Å². The van der Waals surface area contributed by atoms with E-state index in [2.05, 4.69) is 5.32 Å². The molecule has 1 nitrogen and oxygen atoms in total. The normalized spacial score (nSPS) is 12.4. The molecule has 1 N–H and O–H groups in total. The summed E-state index contributed by atoms with van der Waals surface area (Å²) in [6, 6.07) is 11.1. The van der Waals surface area contributed by atoms with Gasteiger partial charge in [0.2, 0.25) is 0 Å². The van der Waals surface area contributed by atoms with Gasteiger partial charge < -0.3 is 5.32 Å². The van der Waals surface area contributed by atoms with E-state index in [-0.39, 0.29) is 17.6 Å². The van der Waals surface area contributed by atoms with E-state index >= 15 is 0 Å². The summed E-state index contributed by atoms with van der Waals surface area (Å²) in [5, 5.41) is 3.66. The molecule has 0 radical (unpaired) electrons. The lowest BCUT2D eigenvalue weighted by atomic mass is 9.92. The molecule has 0 fully saturated rings. The standard InChI is InChI=1S/C17H18ClF2N/c1-21-11-13(8-12-2-5-16(19)6-3-12)9-14-10-15(18)4-7-17(14)20/h2-7,10,13,21H,8-9,11H2,1H3. The van der Waals surface area contributed by atoms with Crippen molar-refractivity contribution in [3.8, 4) is 0 Å². The number of hydrogen-bond donors (Lipinski definition) is 1. The highest BCUT2D eigenvalue weighted by Crippen LogP contribution is 2.20. The maximum absolute atomic E-state index is 13.8. The van der Waals surface area contributed by atoms with Crippen LogP contribution in [0, 0.1) is 17.6 Å². The first-order valence-corrected chi connectivity index (χ1v) is 7.29. The van der Waals surface area contributed by atoms with Crippen LogP contribution in [0.2, 0.25) is 5.02 Å². The third-order valence-electron chi connectivity index (χ3n) is 3.45. The summed E-state index contributed by atoms with van der Waals surface area (Å²) in [5.41, 5.74) is 1.66. The molecular weight excluding hydrogens is 292 g/mol. The van der Waals surface area contributed by atoms with E-state index in [0.717, 1.165) is 18.5 Å². The Morgan fingerprint density at radius 2 is 1.76 bits per heavy atom. The second-order valence-corrected chi connectivity index (χ2v) is 5.63. The van der Waals surface area contributed by atoms with Gasteiger partial charge in [0.05, 0.1) is 0 Å². The number of halogens is 3. The average Bonchev–Trinajstić information content (AvgIpc) is 2.45. The quantitative estimate of drug-likeness (QED) is 0.841. The molecule has 1 atom stereocenters. The lowest BCUT2D eigenvalue weighted by molar-refractivity contribution is 0.479. The van der Waals surface area contributed by atoms with Gasteiger partial charge in [0.1, 0.15) is 11.6 Å². The van der Waals surface area contributed by atoms with Crippen LogP contribution in [0.15, 0.2) is 42.5 Å². The topological polar surface area (TPSA) is 12.0 Å². The minimum atomic E-state index is -0.246. The van der Waals surface area contributed by atoms with Crippen molar-refractivity contribution in [3.05, 3.63) is 70.2 Å². The molecule has 0 heterocycles. The molecule has 2 rings (SSSR count). The number of benzene rings is 2. The summed E-state index contributed by atoms with van der Waals surface area (Å²) >= 11 is 5.93. The highest BCUT2D eigenvalue weighted by Gasteiger charge is 2.13. The van der Waals surface area contributed by atoms with Crippen LogP contribution in [0.25, 0.3) is 0 Å². The fourth-order valence-electron chi connectivity index (χ4n) is 2.47. The summed E-state index contributed by atoms with van der Waals surface area (Å²) in [6.07, 6.45) is 1.34. The molecular formula is C17H18ClF2N. The molecule has 0 aromatic heterocycles. The van der Waals surface area contributed by atoms with Gasteiger partial charge in [0.25, 0.3) is 0 Å². The first kappa shape index (κ1) is 15.9. The maximum atomic E-state index is 13.8. The second-order valence-electron chi connectivity index (χ2n) is 5.19. The van der Waals surface area contributed by atoms with Gasteiger partial charge >= 0.3 is 0 Å². The van der Waals surface area contributed by atoms with Crippen molar-refractivity contribution in [1.82, 2.24) is 5.32 Å². The van der Waals surface area contributed by atoms with E-state index in [1.54, 1.807) is 24.3 Å². The summed E-state index contributed by atoms with van der Waals surface area (Å²) < 4.78 is 26.8. The smallest absolute Gasteiger partial charge is 0.126 e. The number of hydrogen-bond acceptors (Lipinski definition) is 1. The van der Waals surface area contributed by atoms with Crippen LogP contribution >= 0.6 is 11.6 Å². The largest absolute Gasteiger partial charge is 0.319 e. The summed E-state index contributed by atoms with van der Waals surface area (Å²) in [4.78, 5) is 0. The van der Waals surface area contributed by atoms with Gasteiger partial charge in [-0.3, -0.25) is 0 Å². The molecule has 0 bridgehead atoms. The van der Waals surface area contributed by atoms with Crippen molar-refractivity contribution in [2.24, 2.45) is 5.92 Å². The van der Waals surface area contributed by atoms with Crippen LogP contribution in [-0.2, 0) is 12.8 Å². The summed E-state index contributed by atoms with van der Waals surface area (Å²) in [6.45, 7) is 0.753. The lowest BCUT2D eigenvalue weighted by Crippen LogP contribution is -2.23. The Labute approximate surface area is 128 Å². The second kappa shape index (κ2) is 7.53. The van der Waals surface area contributed by atoms with E-state index in [9.17, 15) is 8.78 Å². The van der Waals surface area contributed by atoms with Crippen molar-refractivity contribution >= 4 is 11.6 Å². The molecule has 0 amide bonds. The Hall–Kier alpha value is -1.45. The first-order chi connectivity index (χ1) is 10.1. The van der Waals surface area contributed by atoms with Gasteiger partial charge in [0, 0.05) is 5.02 Å². The lowest BCUT2D eigenvalue weighted by Gasteiger charge is -2.17. The maximum Gasteiger partial charge on any atom is 0.126 e. The van der Waals surface area contributed by atoms with Crippen molar-refractivity contribution < 1.29 is 8.78 Å². The highest BCUT2D eigenvalue weighted by molar-refractivity contribution is 6.30. The van der Waals surface area contributed by atoms with Gasteiger partial charge in [-0.1, -0.05) is 23.7 Å². The minimum Gasteiger partial charge on any atom is -0.319 e. The van der Waals surface area contributed by atoms with Crippen molar-refractivity contribution in [2.45, 2.75) is 12.8 Å². The van der Waals surface area contributed by atoms with Crippen LogP contribution in [0.5, 0.6) is 0 Å². The third kappa shape index (κ3) is 4.80. The monoisotopic (exact) mass is 309 g/mol. The Bertz CT molecular complexity index is 584. The van der Waals surface area contributed by atoms with Crippen LogP contribution in [0.1, 0.15) is 11.1 Å². The SMILES string of the molecule is CNCC(Cc1ccc(F)cc1)Cc1cc(Cl)ccc1F. The first-order valence-electron chi connectivity index (χ1n) is 6.91. The molecule has 112 valence electrons. The number of rotatable bonds is 6. The highest BCUT2D eigenvalue weighted by atomic mass is 35.5. The van der Waals surface area contributed by atoms with Crippen molar-refractivity contribution in [1.29, 1.82) is 0 Å². The molecule has 2 aromatic carbocycles. The van der Waals surface area contributed by atoms with E-state index < -0.39 is 0 Å². The molecule has 0 aliphatic heterocycles. The van der Waals surface area contributed by atoms with Gasteiger partial charge in [0.15, 0.2) is 0 Å². The van der Waals surface area contributed by atoms with Gasteiger partial charge in [-0.05, 0) is 73.8 Å². The van der Waals surface area contributed by atoms with E-state index in [4.69, 9.17) is 11.6 Å². The Kier molecular flexibility index (Phi) is 5.71. The van der Waals surface area contributed by atoms with Crippen LogP contribution in [0.4, 0.5) is 8.78 Å². The van der Waals surface area contributed by atoms with Gasteiger partial charge in [-0.2, -0.15) is 0 Å². The molecule has 0 aliphatic carbocycles. The Balaban J connectivity index is 2.11. The average molecular weight is 310 g/mol. The van der Waals surface area contributed by atoms with Crippen LogP contribution < -0.4 is 5.32 Å². The van der Waals surface area contributed by atoms with E-state index in [0.29, 0.717) is 17.0 Å². The Morgan fingerprint density at radius 3 is 2.43 bits per heavy atom. The van der Waals surface area contributed by atoms with E-state index in [1.165, 1.54) is 18.2 Å². The predicted octanol–water partition coefficient (Wildman–Crippen LogP) is 4.24. The minimum absolute atomic E-state index is 0.216. The molecule has 1 unspecified atom stereocenters. The van der Waals surface area contributed by atoms with Gasteiger partial charge in [-0.25, -0.2) is 8.78 Å². The molecule has 2 aromatic rings. The van der Waals surface area contributed by atoms with Gasteiger partial charge in [-0.15, -0.1) is 0 Å². The molecule has 0 aliphatic rings. The zero-order chi connectivity index (χ0) is 15.2. The summed E-state index contributed by atoms with van der Waals surface area (Å²) in [7, 11) is 1.87. The summed E-state index contributed by atoms with van der Waals surface area (Å²) in [5.74, 6) is -0.266. The molecule has 4 heteroatoms. The fraction of sp³-hybridized carbons (Fsp3) is 0.294. The predicted molar refractivity (Wildman–Crippen MR) is 82.6 cm³/mol. The van der Waals surface area contributed by atoms with E-state index in [1.807, 2.05) is 7.05 Å². The number of nitrogens with one attached hydrogen (secondary N) is 1. The third-order valence-corrected chi connectivity index (χ3v) is 3.68. The molecule has 21 heavy (non-hydrogen) atoms. The molecule has 0 saturated heterocycles. The molecule has 0 saturated carbocycles. The zero-order valence-corrected chi connectivity index (χ0v) is 12.6. The molecule has 0 spiro atoms. The van der Waals surface area contributed by atoms with Crippen LogP contribution in [-0.4, -0.2) is 13.6 Å². The van der Waals surface area contributed by atoms with Crippen molar-refractivity contribution in [3.63, 3.8) is 0 Å². The fourth-order valence-corrected chi connectivity index (χ4v) is 2.66. The zero-order valence-electron chi connectivity index (χ0n) is 11.9. The Morgan fingerprint density at radius 1 is 1.05 bits per heavy atom. The van der Waals surface area contributed by atoms with Crippen molar-refractivity contribution in [2.75, 3.05) is 13.6 Å².